The summed E-state index contributed by atoms with van der Waals surface area (Å²) < 4.78 is 0. The second-order valence-electron chi connectivity index (χ2n) is 2.38. The Labute approximate surface area is 131 Å². The van der Waals surface area contributed by atoms with Crippen LogP contribution in [0.5, 0.6) is 0 Å². The van der Waals surface area contributed by atoms with Crippen LogP contribution in [0.25, 0.3) is 0 Å². The van der Waals surface area contributed by atoms with Crippen LogP contribution in [0, 0.1) is 20.2 Å². The summed E-state index contributed by atoms with van der Waals surface area (Å²) in [4.78, 5) is 34.1. The molecule has 0 aliphatic heterocycles. The van der Waals surface area contributed by atoms with E-state index in [1.807, 2.05) is 0 Å². The number of nitro benzene ring substituents is 1. The molecular weight excluding hydrogens is 247 g/mol. The average molecular weight is 252 g/mol. The van der Waals surface area contributed by atoms with E-state index in [4.69, 9.17) is 0 Å². The number of rotatable bonds is 3. The average Bonchev–Trinajstić information content (AvgIpc) is 2.16. The van der Waals surface area contributed by atoms with Crippen LogP contribution in [0.4, 0.5) is 5.69 Å². The first kappa shape index (κ1) is 15.1. The monoisotopic (exact) mass is 252 g/mol. The quantitative estimate of drug-likeness (QED) is 0.434. The van der Waals surface area contributed by atoms with E-state index in [0.717, 1.165) is 12.1 Å². The van der Waals surface area contributed by atoms with Gasteiger partial charge >= 0.3 is 62.4 Å². The van der Waals surface area contributed by atoms with Crippen LogP contribution < -0.4 is 0 Å². The molecule has 0 saturated heterocycles. The van der Waals surface area contributed by atoms with Crippen LogP contribution in [0.3, 0.4) is 0 Å². The molecule has 0 amide bonds. The van der Waals surface area contributed by atoms with Crippen molar-refractivity contribution in [3.05, 3.63) is 50.1 Å². The number of para-hydroxylation sites is 1. The molecular formula is C7H5KN2O6. The number of hydrogen-bond acceptors (Lipinski definition) is 6. The zero-order valence-corrected chi connectivity index (χ0v) is 7.15. The van der Waals surface area contributed by atoms with Gasteiger partial charge in [-0.1, -0.05) is 12.1 Å². The van der Waals surface area contributed by atoms with Crippen molar-refractivity contribution in [3.63, 3.8) is 0 Å². The predicted molar refractivity (Wildman–Crippen MR) is 52.7 cm³/mol. The van der Waals surface area contributed by atoms with E-state index in [1.54, 1.807) is 0 Å². The fraction of sp³-hybridized carbons (Fsp3) is 0. The number of benzene rings is 1. The molecule has 0 saturated carbocycles. The molecule has 0 aliphatic rings. The maximum absolute atomic E-state index is 11.0. The maximum atomic E-state index is 11.0. The molecule has 0 atom stereocenters. The van der Waals surface area contributed by atoms with Gasteiger partial charge in [-0.05, 0) is 6.07 Å². The van der Waals surface area contributed by atoms with Crippen molar-refractivity contribution < 1.29 is 19.6 Å². The summed E-state index contributed by atoms with van der Waals surface area (Å²) in [5.74, 6) is -1.37. The Morgan fingerprint density at radius 3 is 2.25 bits per heavy atom. The Morgan fingerprint density at radius 1 is 1.19 bits per heavy atom. The molecule has 8 nitrogen and oxygen atoms in total. The molecule has 0 N–H and O–H groups in total. The van der Waals surface area contributed by atoms with Gasteiger partial charge in [0, 0.05) is 6.07 Å². The van der Waals surface area contributed by atoms with Crippen LogP contribution in [-0.2, 0) is 4.84 Å². The van der Waals surface area contributed by atoms with Gasteiger partial charge < -0.3 is 0 Å². The summed E-state index contributed by atoms with van der Waals surface area (Å²) in [5.41, 5.74) is -0.997. The van der Waals surface area contributed by atoms with Crippen molar-refractivity contribution in [3.8, 4) is 0 Å². The molecule has 1 rings (SSSR count). The summed E-state index contributed by atoms with van der Waals surface area (Å²) in [6, 6.07) is 4.80. The first-order chi connectivity index (χ1) is 7.02. The molecule has 1 aromatic rings. The SMILES string of the molecule is O=C(O[N+](=O)[O-])c1ccccc1[N+](=O)[O-].[KH]. The standard InChI is InChI=1S/C7H4N2O6.K.H/c10-7(15-9(13)14)5-3-1-2-4-6(5)8(11)12;;/h1-4H;;. The summed E-state index contributed by atoms with van der Waals surface area (Å²) in [7, 11) is 0. The Bertz CT molecular complexity index is 435. The second kappa shape index (κ2) is 6.65. The third kappa shape index (κ3) is 3.94. The molecule has 16 heavy (non-hydrogen) atoms. The number of nitro groups is 1. The summed E-state index contributed by atoms with van der Waals surface area (Å²) in [6.45, 7) is 0. The van der Waals surface area contributed by atoms with Crippen LogP contribution in [0.1, 0.15) is 10.4 Å². The molecule has 0 heterocycles. The van der Waals surface area contributed by atoms with Gasteiger partial charge in [-0.15, -0.1) is 10.1 Å². The minimum absolute atomic E-state index is 0. The summed E-state index contributed by atoms with van der Waals surface area (Å²) >= 11 is 0. The van der Waals surface area contributed by atoms with E-state index in [9.17, 15) is 25.0 Å². The van der Waals surface area contributed by atoms with Crippen LogP contribution in [0.15, 0.2) is 24.3 Å². The summed E-state index contributed by atoms with van der Waals surface area (Å²) in [6.07, 6.45) is 0. The van der Waals surface area contributed by atoms with Gasteiger partial charge in [-0.3, -0.25) is 14.9 Å². The van der Waals surface area contributed by atoms with Crippen molar-refractivity contribution >= 4 is 63.0 Å². The van der Waals surface area contributed by atoms with Gasteiger partial charge in [0.2, 0.25) is 0 Å². The predicted octanol–water partition coefficient (Wildman–Crippen LogP) is 0.295. The topological polar surface area (TPSA) is 113 Å². The molecule has 0 fully saturated rings. The number of carbonyl (C=O) groups excluding carboxylic acids is 1. The van der Waals surface area contributed by atoms with E-state index < -0.39 is 27.2 Å². The molecule has 80 valence electrons. The third-order valence-corrected chi connectivity index (χ3v) is 1.48. The van der Waals surface area contributed by atoms with E-state index in [1.165, 1.54) is 12.1 Å². The molecule has 9 heteroatoms. The Balaban J connectivity index is 0.00000225. The molecule has 0 radical (unpaired) electrons. The second-order valence-corrected chi connectivity index (χ2v) is 2.38. The van der Waals surface area contributed by atoms with Crippen molar-refractivity contribution in [1.82, 2.24) is 0 Å². The van der Waals surface area contributed by atoms with Crippen molar-refractivity contribution in [2.24, 2.45) is 0 Å². The van der Waals surface area contributed by atoms with Gasteiger partial charge in [0.05, 0.1) is 4.92 Å². The van der Waals surface area contributed by atoms with Gasteiger partial charge in [0.25, 0.3) is 5.69 Å². The van der Waals surface area contributed by atoms with E-state index in [0.29, 0.717) is 0 Å². The summed E-state index contributed by atoms with van der Waals surface area (Å²) in [5, 5.41) is 19.0. The normalized spacial score (nSPS) is 8.75. The molecule has 0 spiro atoms. The van der Waals surface area contributed by atoms with Crippen molar-refractivity contribution in [2.45, 2.75) is 0 Å². The van der Waals surface area contributed by atoms with Crippen LogP contribution in [0.2, 0.25) is 0 Å². The fourth-order valence-corrected chi connectivity index (χ4v) is 0.922. The fourth-order valence-electron chi connectivity index (χ4n) is 0.922. The van der Waals surface area contributed by atoms with Gasteiger partial charge in [0.1, 0.15) is 5.56 Å². The molecule has 0 aromatic heterocycles. The first-order valence-corrected chi connectivity index (χ1v) is 3.62. The first-order valence-electron chi connectivity index (χ1n) is 3.62. The Hall–Kier alpha value is -0.874. The molecule has 0 unspecified atom stereocenters. The van der Waals surface area contributed by atoms with Crippen LogP contribution >= 0.6 is 0 Å². The van der Waals surface area contributed by atoms with Crippen molar-refractivity contribution in [2.75, 3.05) is 0 Å². The van der Waals surface area contributed by atoms with Gasteiger partial charge in [0.15, 0.2) is 0 Å². The minimum atomic E-state index is -1.37. The number of nitrogens with zero attached hydrogens (tertiary/aromatic N) is 2. The Morgan fingerprint density at radius 2 is 1.75 bits per heavy atom. The molecule has 1 aromatic carbocycles. The van der Waals surface area contributed by atoms with E-state index >= 15 is 0 Å². The molecule has 0 aliphatic carbocycles. The number of carbonyl (C=O) groups is 1. The van der Waals surface area contributed by atoms with Gasteiger partial charge in [-0.25, -0.2) is 4.84 Å². The van der Waals surface area contributed by atoms with Crippen molar-refractivity contribution in [1.29, 1.82) is 0 Å². The Kier molecular flexibility index (Phi) is 6.29. The van der Waals surface area contributed by atoms with Crippen LogP contribution in [-0.4, -0.2) is 67.4 Å². The third-order valence-electron chi connectivity index (χ3n) is 1.48. The van der Waals surface area contributed by atoms with E-state index in [-0.39, 0.29) is 51.4 Å². The van der Waals surface area contributed by atoms with E-state index in [2.05, 4.69) is 4.84 Å². The number of hydrogen-bond donors (Lipinski definition) is 0. The zero-order chi connectivity index (χ0) is 11.4. The zero-order valence-electron chi connectivity index (χ0n) is 7.15. The van der Waals surface area contributed by atoms with Gasteiger partial charge in [-0.2, -0.15) is 0 Å². The molecule has 0 bridgehead atoms.